The lowest BCUT2D eigenvalue weighted by atomic mass is 10.1. The van der Waals surface area contributed by atoms with Gasteiger partial charge in [-0.3, -0.25) is 0 Å². The summed E-state index contributed by atoms with van der Waals surface area (Å²) in [5.74, 6) is -0.867. The Morgan fingerprint density at radius 1 is 1.53 bits per heavy atom. The first kappa shape index (κ1) is 15.7. The number of halogens is 4. The van der Waals surface area contributed by atoms with Crippen molar-refractivity contribution in [2.24, 2.45) is 0 Å². The molecule has 1 aromatic carbocycles. The van der Waals surface area contributed by atoms with Crippen molar-refractivity contribution >= 4 is 29.3 Å². The Balaban J connectivity index is 3.29. The van der Waals surface area contributed by atoms with E-state index >= 15 is 0 Å². The van der Waals surface area contributed by atoms with Gasteiger partial charge in [-0.25, -0.2) is 4.79 Å². The largest absolute Gasteiger partial charge is 0.462 e. The molecule has 0 aliphatic rings. The summed E-state index contributed by atoms with van der Waals surface area (Å²) in [6, 6.07) is 3.74. The first-order chi connectivity index (χ1) is 8.78. The highest BCUT2D eigenvalue weighted by Gasteiger charge is 2.31. The fraction of sp³-hybridized carbons (Fsp3) is 0.273. The van der Waals surface area contributed by atoms with Crippen LogP contribution in [-0.2, 0) is 4.74 Å². The molecule has 0 aliphatic heterocycles. The molecule has 0 bridgehead atoms. The van der Waals surface area contributed by atoms with Gasteiger partial charge in [-0.2, -0.15) is 18.4 Å². The molecule has 0 aromatic heterocycles. The third-order valence-electron chi connectivity index (χ3n) is 1.89. The molecule has 19 heavy (non-hydrogen) atoms. The molecule has 0 N–H and O–H groups in total. The van der Waals surface area contributed by atoms with E-state index in [4.69, 9.17) is 16.9 Å². The van der Waals surface area contributed by atoms with Gasteiger partial charge in [0.1, 0.15) is 0 Å². The van der Waals surface area contributed by atoms with Crippen molar-refractivity contribution in [3.8, 4) is 6.07 Å². The van der Waals surface area contributed by atoms with E-state index in [9.17, 15) is 18.0 Å². The number of hydrogen-bond donors (Lipinski definition) is 0. The molecule has 0 aliphatic carbocycles. The summed E-state index contributed by atoms with van der Waals surface area (Å²) in [6.07, 6.45) is 0. The minimum Gasteiger partial charge on any atom is -0.462 e. The van der Waals surface area contributed by atoms with Gasteiger partial charge in [0.05, 0.1) is 28.8 Å². The maximum Gasteiger partial charge on any atom is 0.446 e. The molecule has 8 heteroatoms. The number of carbonyl (C=O) groups excluding carboxylic acids is 1. The third-order valence-corrected chi connectivity index (χ3v) is 3.18. The normalized spacial score (nSPS) is 10.9. The molecular formula is C11H7ClF3NO2S. The summed E-state index contributed by atoms with van der Waals surface area (Å²) in [6.45, 7) is 1.60. The topological polar surface area (TPSA) is 50.1 Å². The molecule has 3 nitrogen and oxygen atoms in total. The number of benzene rings is 1. The van der Waals surface area contributed by atoms with Crippen LogP contribution in [0.5, 0.6) is 0 Å². The van der Waals surface area contributed by atoms with Crippen LogP contribution in [-0.4, -0.2) is 18.1 Å². The molecule has 0 saturated carbocycles. The number of nitriles is 1. The quantitative estimate of drug-likeness (QED) is 0.625. The van der Waals surface area contributed by atoms with Crippen molar-refractivity contribution in [1.82, 2.24) is 0 Å². The monoisotopic (exact) mass is 309 g/mol. The predicted molar refractivity (Wildman–Crippen MR) is 64.0 cm³/mol. The van der Waals surface area contributed by atoms with Crippen molar-refractivity contribution in [2.75, 3.05) is 6.61 Å². The van der Waals surface area contributed by atoms with Crippen LogP contribution < -0.4 is 0 Å². The summed E-state index contributed by atoms with van der Waals surface area (Å²) in [5, 5.41) is 8.38. The summed E-state index contributed by atoms with van der Waals surface area (Å²) in [4.78, 5) is 11.1. The number of carbonyl (C=O) groups is 1. The van der Waals surface area contributed by atoms with Crippen LogP contribution in [0, 0.1) is 11.3 Å². The van der Waals surface area contributed by atoms with Crippen molar-refractivity contribution < 1.29 is 22.7 Å². The zero-order valence-electron chi connectivity index (χ0n) is 9.55. The first-order valence-electron chi connectivity index (χ1n) is 4.95. The highest BCUT2D eigenvalue weighted by atomic mass is 35.5. The third kappa shape index (κ3) is 4.33. The molecule has 0 spiro atoms. The van der Waals surface area contributed by atoms with Gasteiger partial charge in [0, 0.05) is 4.90 Å². The van der Waals surface area contributed by atoms with Gasteiger partial charge < -0.3 is 4.74 Å². The van der Waals surface area contributed by atoms with E-state index in [-0.39, 0.29) is 22.8 Å². The molecule has 0 fully saturated rings. The second kappa shape index (κ2) is 6.17. The van der Waals surface area contributed by atoms with Crippen LogP contribution in [0.1, 0.15) is 22.8 Å². The smallest absolute Gasteiger partial charge is 0.446 e. The van der Waals surface area contributed by atoms with E-state index in [1.54, 1.807) is 13.0 Å². The minimum absolute atomic E-state index is 0.0493. The number of rotatable bonds is 3. The molecule has 1 rings (SSSR count). The van der Waals surface area contributed by atoms with E-state index in [0.29, 0.717) is 0 Å². The number of alkyl halides is 3. The lowest BCUT2D eigenvalue weighted by Crippen LogP contribution is -2.07. The van der Waals surface area contributed by atoms with Crippen LogP contribution in [0.15, 0.2) is 17.0 Å². The molecular weight excluding hydrogens is 303 g/mol. The van der Waals surface area contributed by atoms with Crippen molar-refractivity contribution in [3.63, 3.8) is 0 Å². The van der Waals surface area contributed by atoms with Gasteiger partial charge in [-0.15, -0.1) is 0 Å². The second-order valence-electron chi connectivity index (χ2n) is 3.22. The van der Waals surface area contributed by atoms with Crippen molar-refractivity contribution in [2.45, 2.75) is 17.3 Å². The summed E-state index contributed by atoms with van der Waals surface area (Å²) < 4.78 is 41.7. The number of nitrogens with zero attached hydrogens (tertiary/aromatic N) is 1. The second-order valence-corrected chi connectivity index (χ2v) is 4.70. The molecule has 1 aromatic rings. The van der Waals surface area contributed by atoms with Crippen LogP contribution >= 0.6 is 23.4 Å². The molecule has 0 heterocycles. The highest BCUT2D eigenvalue weighted by molar-refractivity contribution is 8.00. The Morgan fingerprint density at radius 2 is 2.16 bits per heavy atom. The number of hydrogen-bond acceptors (Lipinski definition) is 4. The summed E-state index contributed by atoms with van der Waals surface area (Å²) in [7, 11) is 0. The maximum absolute atomic E-state index is 12.3. The molecule has 0 amide bonds. The van der Waals surface area contributed by atoms with Gasteiger partial charge in [-0.05, 0) is 30.8 Å². The van der Waals surface area contributed by atoms with E-state index in [2.05, 4.69) is 4.74 Å². The average molecular weight is 310 g/mol. The van der Waals surface area contributed by atoms with Gasteiger partial charge in [-0.1, -0.05) is 11.6 Å². The van der Waals surface area contributed by atoms with E-state index in [1.807, 2.05) is 0 Å². The van der Waals surface area contributed by atoms with E-state index < -0.39 is 28.1 Å². The van der Waals surface area contributed by atoms with Crippen LogP contribution in [0.2, 0.25) is 5.02 Å². The van der Waals surface area contributed by atoms with E-state index in [0.717, 1.165) is 12.1 Å². The molecule has 0 atom stereocenters. The Labute approximate surface area is 116 Å². The highest BCUT2D eigenvalue weighted by Crippen LogP contribution is 2.42. The zero-order chi connectivity index (χ0) is 14.6. The van der Waals surface area contributed by atoms with Gasteiger partial charge >= 0.3 is 11.5 Å². The average Bonchev–Trinajstić information content (AvgIpc) is 2.30. The number of thioether (sulfide) groups is 1. The maximum atomic E-state index is 12.3. The van der Waals surface area contributed by atoms with Gasteiger partial charge in [0.25, 0.3) is 0 Å². The SMILES string of the molecule is CCOC(=O)c1cc(C#N)cc(SC(F)(F)F)c1Cl. The van der Waals surface area contributed by atoms with Crippen molar-refractivity contribution in [3.05, 3.63) is 28.3 Å². The standard InChI is InChI=1S/C11H7ClF3NO2S/c1-2-18-10(17)7-3-6(5-16)4-8(9(7)12)19-11(13,14)15/h3-4H,2H2,1H3. The summed E-state index contributed by atoms with van der Waals surface area (Å²) in [5.41, 5.74) is -4.92. The first-order valence-corrected chi connectivity index (χ1v) is 6.14. The Bertz CT molecular complexity index is 540. The molecule has 0 saturated heterocycles. The number of esters is 1. The minimum atomic E-state index is -4.57. The van der Waals surface area contributed by atoms with Crippen LogP contribution in [0.4, 0.5) is 13.2 Å². The molecule has 0 unspecified atom stereocenters. The lowest BCUT2D eigenvalue weighted by Gasteiger charge is -2.11. The summed E-state index contributed by atoms with van der Waals surface area (Å²) >= 11 is 5.26. The van der Waals surface area contributed by atoms with Crippen molar-refractivity contribution in [1.29, 1.82) is 5.26 Å². The zero-order valence-corrected chi connectivity index (χ0v) is 11.1. The Morgan fingerprint density at radius 3 is 2.63 bits per heavy atom. The van der Waals surface area contributed by atoms with Crippen LogP contribution in [0.25, 0.3) is 0 Å². The molecule has 0 radical (unpaired) electrons. The van der Waals surface area contributed by atoms with Gasteiger partial charge in [0.2, 0.25) is 0 Å². The number of ether oxygens (including phenoxy) is 1. The Kier molecular flexibility index (Phi) is 5.09. The van der Waals surface area contributed by atoms with Gasteiger partial charge in [0.15, 0.2) is 0 Å². The predicted octanol–water partition coefficient (Wildman–Crippen LogP) is 4.00. The molecule has 102 valence electrons. The fourth-order valence-electron chi connectivity index (χ4n) is 1.22. The van der Waals surface area contributed by atoms with E-state index in [1.165, 1.54) is 0 Å². The van der Waals surface area contributed by atoms with Crippen LogP contribution in [0.3, 0.4) is 0 Å². The fourth-order valence-corrected chi connectivity index (χ4v) is 2.16. The lowest BCUT2D eigenvalue weighted by molar-refractivity contribution is -0.0328. The Hall–Kier alpha value is -1.39.